The summed E-state index contributed by atoms with van der Waals surface area (Å²) in [7, 11) is 0. The maximum atomic E-state index is 5.63. The quantitative estimate of drug-likeness (QED) is 0.833. The topological polar surface area (TPSA) is 37.4 Å². The lowest BCUT2D eigenvalue weighted by atomic mass is 9.78. The standard InChI is InChI=1S/C19H29N3OS/c1-2-4-16(5-3-1)21-24-17-6-7-18(20-14-17)22-11-8-19(9-12-22)10-13-23-15-19/h6-7,14,16,21H,1-5,8-13,15H2. The summed E-state index contributed by atoms with van der Waals surface area (Å²) in [5.41, 5.74) is 0.468. The fourth-order valence-corrected chi connectivity index (χ4v) is 5.03. The van der Waals surface area contributed by atoms with Crippen molar-refractivity contribution in [3.8, 4) is 0 Å². The van der Waals surface area contributed by atoms with Crippen molar-refractivity contribution >= 4 is 17.8 Å². The van der Waals surface area contributed by atoms with Crippen LogP contribution < -0.4 is 9.62 Å². The van der Waals surface area contributed by atoms with Gasteiger partial charge in [0.2, 0.25) is 0 Å². The number of ether oxygens (including phenoxy) is 1. The number of pyridine rings is 1. The van der Waals surface area contributed by atoms with E-state index in [1.54, 1.807) is 11.9 Å². The van der Waals surface area contributed by atoms with Gasteiger partial charge in [0.1, 0.15) is 5.82 Å². The van der Waals surface area contributed by atoms with E-state index in [1.807, 2.05) is 6.20 Å². The van der Waals surface area contributed by atoms with Gasteiger partial charge < -0.3 is 9.64 Å². The van der Waals surface area contributed by atoms with Gasteiger partial charge >= 0.3 is 0 Å². The summed E-state index contributed by atoms with van der Waals surface area (Å²) in [4.78, 5) is 8.38. The van der Waals surface area contributed by atoms with E-state index in [9.17, 15) is 0 Å². The third-order valence-electron chi connectivity index (χ3n) is 6.00. The number of aromatic nitrogens is 1. The summed E-state index contributed by atoms with van der Waals surface area (Å²) in [5, 5.41) is 0. The van der Waals surface area contributed by atoms with Gasteiger partial charge in [0.15, 0.2) is 0 Å². The van der Waals surface area contributed by atoms with Crippen molar-refractivity contribution in [2.45, 2.75) is 62.3 Å². The highest BCUT2D eigenvalue weighted by Crippen LogP contribution is 2.39. The zero-order valence-corrected chi connectivity index (χ0v) is 15.3. The molecular weight excluding hydrogens is 318 g/mol. The minimum Gasteiger partial charge on any atom is -0.381 e. The van der Waals surface area contributed by atoms with Gasteiger partial charge in [-0.3, -0.25) is 4.72 Å². The molecule has 0 unspecified atom stereocenters. The Morgan fingerprint density at radius 2 is 1.96 bits per heavy atom. The SMILES string of the molecule is c1cc(N2CCC3(CCOC3)CC2)ncc1SNC1CCCCC1. The molecule has 4 rings (SSSR count). The molecule has 3 heterocycles. The van der Waals surface area contributed by atoms with Crippen molar-refractivity contribution in [2.24, 2.45) is 5.41 Å². The Morgan fingerprint density at radius 3 is 2.62 bits per heavy atom. The van der Waals surface area contributed by atoms with Crippen LogP contribution in [0.2, 0.25) is 0 Å². The van der Waals surface area contributed by atoms with Crippen LogP contribution in [0.3, 0.4) is 0 Å². The molecule has 0 aromatic carbocycles. The number of nitrogens with one attached hydrogen (secondary N) is 1. The molecule has 2 aliphatic heterocycles. The van der Waals surface area contributed by atoms with E-state index >= 15 is 0 Å². The van der Waals surface area contributed by atoms with Crippen LogP contribution in [0.1, 0.15) is 51.4 Å². The molecule has 0 bridgehead atoms. The summed E-state index contributed by atoms with van der Waals surface area (Å²) >= 11 is 1.75. The normalized spacial score (nSPS) is 24.6. The molecule has 0 atom stereocenters. The van der Waals surface area contributed by atoms with Crippen molar-refractivity contribution < 1.29 is 4.74 Å². The Balaban J connectivity index is 1.28. The Labute approximate surface area is 149 Å². The van der Waals surface area contributed by atoms with Crippen molar-refractivity contribution in [1.82, 2.24) is 9.71 Å². The number of hydrogen-bond acceptors (Lipinski definition) is 5. The summed E-state index contributed by atoms with van der Waals surface area (Å²) in [6.45, 7) is 4.15. The second-order valence-electron chi connectivity index (χ2n) is 7.70. The third-order valence-corrected chi connectivity index (χ3v) is 6.93. The summed E-state index contributed by atoms with van der Waals surface area (Å²) < 4.78 is 9.25. The molecule has 4 nitrogen and oxygen atoms in total. The van der Waals surface area contributed by atoms with E-state index in [0.717, 1.165) is 32.1 Å². The summed E-state index contributed by atoms with van der Waals surface area (Å²) in [6, 6.07) is 5.08. The molecule has 2 saturated heterocycles. The average molecular weight is 348 g/mol. The number of nitrogens with zero attached hydrogens (tertiary/aromatic N) is 2. The van der Waals surface area contributed by atoms with Gasteiger partial charge in [0.25, 0.3) is 0 Å². The van der Waals surface area contributed by atoms with Crippen LogP contribution in [0, 0.1) is 5.41 Å². The molecule has 1 N–H and O–H groups in total. The largest absolute Gasteiger partial charge is 0.381 e. The van der Waals surface area contributed by atoms with Crippen molar-refractivity contribution in [1.29, 1.82) is 0 Å². The monoisotopic (exact) mass is 347 g/mol. The Kier molecular flexibility index (Phi) is 5.30. The third kappa shape index (κ3) is 3.89. The maximum Gasteiger partial charge on any atom is 0.128 e. The smallest absolute Gasteiger partial charge is 0.128 e. The number of rotatable bonds is 4. The van der Waals surface area contributed by atoms with Gasteiger partial charge in [-0.2, -0.15) is 0 Å². The van der Waals surface area contributed by atoms with Crippen molar-refractivity contribution in [2.75, 3.05) is 31.2 Å². The summed E-state index contributed by atoms with van der Waals surface area (Å²) in [6.07, 6.45) is 12.5. The Bertz CT molecular complexity index is 514. The summed E-state index contributed by atoms with van der Waals surface area (Å²) in [5.74, 6) is 1.13. The molecule has 1 aromatic rings. The highest BCUT2D eigenvalue weighted by Gasteiger charge is 2.38. The molecule has 1 aromatic heterocycles. The molecule has 1 saturated carbocycles. The highest BCUT2D eigenvalue weighted by atomic mass is 32.2. The van der Waals surface area contributed by atoms with Gasteiger partial charge in [0, 0.05) is 36.8 Å². The van der Waals surface area contributed by atoms with Crippen molar-refractivity contribution in [3.05, 3.63) is 18.3 Å². The van der Waals surface area contributed by atoms with Crippen LogP contribution in [-0.4, -0.2) is 37.3 Å². The molecule has 3 aliphatic rings. The Hall–Kier alpha value is -0.780. The van der Waals surface area contributed by atoms with Gasteiger partial charge in [-0.15, -0.1) is 0 Å². The van der Waals surface area contributed by atoms with Crippen LogP contribution in [0.25, 0.3) is 0 Å². The van der Waals surface area contributed by atoms with Crippen LogP contribution in [0.5, 0.6) is 0 Å². The number of hydrogen-bond donors (Lipinski definition) is 1. The highest BCUT2D eigenvalue weighted by molar-refractivity contribution is 7.97. The first-order valence-corrected chi connectivity index (χ1v) is 10.4. The zero-order valence-electron chi connectivity index (χ0n) is 14.5. The first kappa shape index (κ1) is 16.7. The van der Waals surface area contributed by atoms with Crippen LogP contribution in [0.15, 0.2) is 23.2 Å². The van der Waals surface area contributed by atoms with Gasteiger partial charge in [-0.1, -0.05) is 19.3 Å². The number of piperidine rings is 1. The molecular formula is C19H29N3OS. The van der Waals surface area contributed by atoms with Crippen LogP contribution in [0.4, 0.5) is 5.82 Å². The lowest BCUT2D eigenvalue weighted by Gasteiger charge is -2.38. The average Bonchev–Trinajstić information content (AvgIpc) is 3.10. The molecule has 3 fully saturated rings. The van der Waals surface area contributed by atoms with E-state index in [4.69, 9.17) is 9.72 Å². The van der Waals surface area contributed by atoms with E-state index < -0.39 is 0 Å². The minimum atomic E-state index is 0.468. The van der Waals surface area contributed by atoms with E-state index in [-0.39, 0.29) is 0 Å². The van der Waals surface area contributed by atoms with E-state index in [0.29, 0.717) is 11.5 Å². The molecule has 0 radical (unpaired) electrons. The fourth-order valence-electron chi connectivity index (χ4n) is 4.25. The molecule has 132 valence electrons. The zero-order chi connectivity index (χ0) is 16.2. The predicted octanol–water partition coefficient (Wildman–Crippen LogP) is 4.02. The Morgan fingerprint density at radius 1 is 1.12 bits per heavy atom. The maximum absolute atomic E-state index is 5.63. The molecule has 24 heavy (non-hydrogen) atoms. The fraction of sp³-hybridized carbons (Fsp3) is 0.737. The van der Waals surface area contributed by atoms with Gasteiger partial charge in [-0.25, -0.2) is 4.98 Å². The molecule has 0 amide bonds. The first-order valence-electron chi connectivity index (χ1n) is 9.54. The molecule has 5 heteroatoms. The van der Waals surface area contributed by atoms with E-state index in [2.05, 4.69) is 21.8 Å². The van der Waals surface area contributed by atoms with Crippen molar-refractivity contribution in [3.63, 3.8) is 0 Å². The lowest BCUT2D eigenvalue weighted by Crippen LogP contribution is -2.40. The van der Waals surface area contributed by atoms with Gasteiger partial charge in [0.05, 0.1) is 6.61 Å². The second-order valence-corrected chi connectivity index (χ2v) is 8.61. The van der Waals surface area contributed by atoms with Crippen LogP contribution >= 0.6 is 11.9 Å². The number of anilines is 1. The van der Waals surface area contributed by atoms with Crippen LogP contribution in [-0.2, 0) is 4.74 Å². The lowest BCUT2D eigenvalue weighted by molar-refractivity contribution is 0.133. The molecule has 1 spiro atoms. The van der Waals surface area contributed by atoms with E-state index in [1.165, 1.54) is 56.3 Å². The predicted molar refractivity (Wildman–Crippen MR) is 99.4 cm³/mol. The first-order chi connectivity index (χ1) is 11.8. The minimum absolute atomic E-state index is 0.468. The molecule has 1 aliphatic carbocycles. The second kappa shape index (κ2) is 7.63. The van der Waals surface area contributed by atoms with Gasteiger partial charge in [-0.05, 0) is 61.6 Å².